The van der Waals surface area contributed by atoms with E-state index in [1.807, 2.05) is 18.2 Å². The zero-order chi connectivity index (χ0) is 19.4. The van der Waals surface area contributed by atoms with Gasteiger partial charge in [0.25, 0.3) is 0 Å². The molecule has 4 nitrogen and oxygen atoms in total. The molecular formula is C20H23F3N2O2. The van der Waals surface area contributed by atoms with Gasteiger partial charge in [-0.05, 0) is 23.3 Å². The summed E-state index contributed by atoms with van der Waals surface area (Å²) in [6, 6.07) is 15.2. The molecule has 0 saturated carbocycles. The Balaban J connectivity index is 1.65. The number of halogens is 3. The number of ether oxygens (including phenoxy) is 2. The number of nitrogens with zero attached hydrogens (tertiary/aromatic N) is 1. The van der Waals surface area contributed by atoms with E-state index in [0.29, 0.717) is 12.3 Å². The lowest BCUT2D eigenvalue weighted by atomic mass is 9.95. The molecular weight excluding hydrogens is 357 g/mol. The minimum Gasteiger partial charge on any atom is -0.493 e. The highest BCUT2D eigenvalue weighted by Crippen LogP contribution is 2.32. The Morgan fingerprint density at radius 2 is 1.81 bits per heavy atom. The van der Waals surface area contributed by atoms with Crippen LogP contribution >= 0.6 is 0 Å². The Morgan fingerprint density at radius 1 is 1.07 bits per heavy atom. The first-order valence-corrected chi connectivity index (χ1v) is 8.75. The molecule has 2 N–H and O–H groups in total. The summed E-state index contributed by atoms with van der Waals surface area (Å²) in [6.45, 7) is 0.892. The second-order valence-corrected chi connectivity index (χ2v) is 6.76. The maximum absolute atomic E-state index is 12.4. The van der Waals surface area contributed by atoms with Crippen LogP contribution in [0.2, 0.25) is 0 Å². The number of methoxy groups -OCH3 is 1. The van der Waals surface area contributed by atoms with Gasteiger partial charge in [0.2, 0.25) is 0 Å². The van der Waals surface area contributed by atoms with Crippen molar-refractivity contribution in [2.75, 3.05) is 26.8 Å². The van der Waals surface area contributed by atoms with Crippen molar-refractivity contribution in [3.05, 3.63) is 59.7 Å². The predicted octanol–water partition coefficient (Wildman–Crippen LogP) is 3.56. The standard InChI is InChI=1S/C20H23F3N2O2/c1-26-19-9-14(7-8-18(19)27-13-20(21,22)23)10-25-11-16(17(24)12-25)15-5-3-2-4-6-15/h2-9,16-17H,10-13,24H2,1H3/t16-,17+/m0/s1. The summed E-state index contributed by atoms with van der Waals surface area (Å²) in [5.41, 5.74) is 8.48. The van der Waals surface area contributed by atoms with E-state index in [2.05, 4.69) is 17.0 Å². The number of likely N-dealkylation sites (tertiary alicyclic amines) is 1. The number of rotatable bonds is 6. The Bertz CT molecular complexity index is 753. The van der Waals surface area contributed by atoms with Crippen LogP contribution in [0.15, 0.2) is 48.5 Å². The van der Waals surface area contributed by atoms with Gasteiger partial charge in [-0.1, -0.05) is 36.4 Å². The number of hydrogen-bond acceptors (Lipinski definition) is 4. The fraction of sp³-hybridized carbons (Fsp3) is 0.400. The Morgan fingerprint density at radius 3 is 2.48 bits per heavy atom. The molecule has 0 bridgehead atoms. The van der Waals surface area contributed by atoms with Gasteiger partial charge in [-0.15, -0.1) is 0 Å². The van der Waals surface area contributed by atoms with Crippen molar-refractivity contribution < 1.29 is 22.6 Å². The molecule has 0 radical (unpaired) electrons. The van der Waals surface area contributed by atoms with Crippen LogP contribution in [0.1, 0.15) is 17.0 Å². The Hall–Kier alpha value is -2.25. The van der Waals surface area contributed by atoms with Gasteiger partial charge in [-0.2, -0.15) is 13.2 Å². The van der Waals surface area contributed by atoms with Crippen molar-refractivity contribution in [2.45, 2.75) is 24.7 Å². The molecule has 1 fully saturated rings. The fourth-order valence-corrected chi connectivity index (χ4v) is 3.44. The van der Waals surface area contributed by atoms with E-state index in [1.54, 1.807) is 12.1 Å². The first kappa shape index (κ1) is 19.5. The Kier molecular flexibility index (Phi) is 5.92. The normalized spacial score (nSPS) is 20.6. The van der Waals surface area contributed by atoms with Crippen LogP contribution in [0.4, 0.5) is 13.2 Å². The summed E-state index contributed by atoms with van der Waals surface area (Å²) < 4.78 is 47.1. The molecule has 27 heavy (non-hydrogen) atoms. The fourth-order valence-electron chi connectivity index (χ4n) is 3.44. The molecule has 0 aliphatic carbocycles. The second-order valence-electron chi connectivity index (χ2n) is 6.76. The van der Waals surface area contributed by atoms with E-state index < -0.39 is 12.8 Å². The summed E-state index contributed by atoms with van der Waals surface area (Å²) in [6.07, 6.45) is -4.39. The predicted molar refractivity (Wildman–Crippen MR) is 97.0 cm³/mol. The molecule has 1 heterocycles. The highest BCUT2D eigenvalue weighted by molar-refractivity contribution is 5.43. The van der Waals surface area contributed by atoms with Gasteiger partial charge < -0.3 is 15.2 Å². The van der Waals surface area contributed by atoms with E-state index in [-0.39, 0.29) is 17.7 Å². The van der Waals surface area contributed by atoms with Crippen LogP contribution in [0.25, 0.3) is 0 Å². The third-order valence-electron chi connectivity index (χ3n) is 4.69. The molecule has 1 aliphatic heterocycles. The van der Waals surface area contributed by atoms with E-state index in [0.717, 1.165) is 18.7 Å². The molecule has 0 aromatic heterocycles. The summed E-state index contributed by atoms with van der Waals surface area (Å²) in [5, 5.41) is 0. The van der Waals surface area contributed by atoms with E-state index in [9.17, 15) is 13.2 Å². The van der Waals surface area contributed by atoms with Gasteiger partial charge in [-0.3, -0.25) is 4.90 Å². The zero-order valence-electron chi connectivity index (χ0n) is 15.1. The average molecular weight is 380 g/mol. The van der Waals surface area contributed by atoms with Crippen molar-refractivity contribution in [1.29, 1.82) is 0 Å². The van der Waals surface area contributed by atoms with Crippen molar-refractivity contribution in [3.8, 4) is 11.5 Å². The first-order valence-electron chi connectivity index (χ1n) is 8.75. The van der Waals surface area contributed by atoms with Gasteiger partial charge in [0.15, 0.2) is 18.1 Å². The molecule has 0 spiro atoms. The van der Waals surface area contributed by atoms with Crippen LogP contribution in [-0.4, -0.2) is 43.9 Å². The second kappa shape index (κ2) is 8.19. The molecule has 0 amide bonds. The minimum absolute atomic E-state index is 0.0451. The minimum atomic E-state index is -4.39. The van der Waals surface area contributed by atoms with Crippen molar-refractivity contribution in [2.24, 2.45) is 5.73 Å². The quantitative estimate of drug-likeness (QED) is 0.833. The van der Waals surface area contributed by atoms with E-state index in [4.69, 9.17) is 15.2 Å². The number of alkyl halides is 3. The molecule has 2 aromatic rings. The summed E-state index contributed by atoms with van der Waals surface area (Å²) in [5.74, 6) is 0.640. The third-order valence-corrected chi connectivity index (χ3v) is 4.69. The molecule has 3 rings (SSSR count). The highest BCUT2D eigenvalue weighted by Gasteiger charge is 2.31. The molecule has 146 valence electrons. The van der Waals surface area contributed by atoms with Crippen LogP contribution in [0.3, 0.4) is 0 Å². The molecule has 2 atom stereocenters. The molecule has 7 heteroatoms. The largest absolute Gasteiger partial charge is 0.493 e. The van der Waals surface area contributed by atoms with Crippen LogP contribution in [0.5, 0.6) is 11.5 Å². The van der Waals surface area contributed by atoms with Gasteiger partial charge in [0.05, 0.1) is 7.11 Å². The van der Waals surface area contributed by atoms with Gasteiger partial charge in [-0.25, -0.2) is 0 Å². The maximum atomic E-state index is 12.4. The lowest BCUT2D eigenvalue weighted by Crippen LogP contribution is -2.28. The number of hydrogen-bond donors (Lipinski definition) is 1. The molecule has 1 aliphatic rings. The van der Waals surface area contributed by atoms with E-state index >= 15 is 0 Å². The first-order chi connectivity index (χ1) is 12.9. The van der Waals surface area contributed by atoms with Crippen LogP contribution in [-0.2, 0) is 6.54 Å². The summed E-state index contributed by atoms with van der Waals surface area (Å²) in [7, 11) is 1.41. The monoisotopic (exact) mass is 380 g/mol. The van der Waals surface area contributed by atoms with Crippen molar-refractivity contribution in [1.82, 2.24) is 4.90 Å². The topological polar surface area (TPSA) is 47.7 Å². The van der Waals surface area contributed by atoms with E-state index in [1.165, 1.54) is 18.7 Å². The lowest BCUT2D eigenvalue weighted by Gasteiger charge is -2.18. The number of benzene rings is 2. The maximum Gasteiger partial charge on any atom is 0.422 e. The van der Waals surface area contributed by atoms with Crippen molar-refractivity contribution >= 4 is 0 Å². The molecule has 0 unspecified atom stereocenters. The summed E-state index contributed by atoms with van der Waals surface area (Å²) >= 11 is 0. The number of nitrogens with two attached hydrogens (primary N) is 1. The highest BCUT2D eigenvalue weighted by atomic mass is 19.4. The van der Waals surface area contributed by atoms with Gasteiger partial charge in [0, 0.05) is 31.6 Å². The smallest absolute Gasteiger partial charge is 0.422 e. The van der Waals surface area contributed by atoms with Crippen molar-refractivity contribution in [3.63, 3.8) is 0 Å². The zero-order valence-corrected chi connectivity index (χ0v) is 15.1. The van der Waals surface area contributed by atoms with Gasteiger partial charge >= 0.3 is 6.18 Å². The molecule has 2 aromatic carbocycles. The molecule has 1 saturated heterocycles. The summed E-state index contributed by atoms with van der Waals surface area (Å²) in [4.78, 5) is 2.24. The average Bonchev–Trinajstić information content (AvgIpc) is 3.00. The Labute approximate surface area is 156 Å². The van der Waals surface area contributed by atoms with Gasteiger partial charge in [0.1, 0.15) is 0 Å². The van der Waals surface area contributed by atoms with Crippen LogP contribution in [0, 0.1) is 0 Å². The SMILES string of the molecule is COc1cc(CN2C[C@@H](N)[C@H](c3ccccc3)C2)ccc1OCC(F)(F)F. The lowest BCUT2D eigenvalue weighted by molar-refractivity contribution is -0.153. The van der Waals surface area contributed by atoms with Crippen LogP contribution < -0.4 is 15.2 Å². The third kappa shape index (κ3) is 5.14.